The zero-order valence-electron chi connectivity index (χ0n) is 11.5. The van der Waals surface area contributed by atoms with Gasteiger partial charge in [0.25, 0.3) is 0 Å². The van der Waals surface area contributed by atoms with Gasteiger partial charge in [-0.1, -0.05) is 33.1 Å². The number of piperidine rings is 1. The number of hydrogen-bond acceptors (Lipinski definition) is 2. The van der Waals surface area contributed by atoms with Gasteiger partial charge in [-0.05, 0) is 25.7 Å². The van der Waals surface area contributed by atoms with Crippen LogP contribution in [0.1, 0.15) is 71.6 Å². The molecule has 0 unspecified atom stereocenters. The molecule has 2 nitrogen and oxygen atoms in total. The minimum atomic E-state index is 0.515. The van der Waals surface area contributed by atoms with Gasteiger partial charge in [0.2, 0.25) is 0 Å². The molecule has 0 aromatic heterocycles. The molecule has 2 saturated heterocycles. The van der Waals surface area contributed by atoms with Crippen LogP contribution in [0.25, 0.3) is 0 Å². The highest BCUT2D eigenvalue weighted by Crippen LogP contribution is 2.37. The number of Topliss-reactive ketones (excluding diaryl/α,β-unsaturated/α-hetero) is 1. The Labute approximate surface area is 106 Å². The number of ketones is 1. The Kier molecular flexibility index (Phi) is 4.61. The van der Waals surface area contributed by atoms with Crippen LogP contribution in [0.15, 0.2) is 0 Å². The molecule has 98 valence electrons. The lowest BCUT2D eigenvalue weighted by atomic mass is 9.92. The van der Waals surface area contributed by atoms with Crippen LogP contribution >= 0.6 is 0 Å². The van der Waals surface area contributed by atoms with Crippen molar-refractivity contribution >= 4 is 5.78 Å². The summed E-state index contributed by atoms with van der Waals surface area (Å²) in [7, 11) is 0. The third-order valence-electron chi connectivity index (χ3n) is 4.54. The molecule has 0 aromatic rings. The quantitative estimate of drug-likeness (QED) is 0.729. The van der Waals surface area contributed by atoms with Crippen LogP contribution in [0.5, 0.6) is 0 Å². The highest BCUT2D eigenvalue weighted by Gasteiger charge is 2.41. The zero-order valence-corrected chi connectivity index (χ0v) is 11.5. The molecule has 0 aliphatic carbocycles. The van der Waals surface area contributed by atoms with E-state index in [9.17, 15) is 4.79 Å². The molecule has 0 spiro atoms. The van der Waals surface area contributed by atoms with E-state index in [1.165, 1.54) is 44.9 Å². The van der Waals surface area contributed by atoms with Gasteiger partial charge in [-0.3, -0.25) is 9.69 Å². The fourth-order valence-electron chi connectivity index (χ4n) is 3.82. The van der Waals surface area contributed by atoms with Crippen LogP contribution in [-0.4, -0.2) is 28.8 Å². The van der Waals surface area contributed by atoms with Gasteiger partial charge in [-0.2, -0.15) is 0 Å². The van der Waals surface area contributed by atoms with Crippen LogP contribution in [0.3, 0.4) is 0 Å². The number of hydrogen-bond donors (Lipinski definition) is 0. The Morgan fingerprint density at radius 1 is 1.06 bits per heavy atom. The third kappa shape index (κ3) is 2.90. The van der Waals surface area contributed by atoms with E-state index in [0.29, 0.717) is 17.9 Å². The maximum atomic E-state index is 11.8. The smallest absolute Gasteiger partial charge is 0.136 e. The molecule has 2 fully saturated rings. The van der Waals surface area contributed by atoms with Gasteiger partial charge in [-0.25, -0.2) is 0 Å². The molecule has 3 atom stereocenters. The summed E-state index contributed by atoms with van der Waals surface area (Å²) in [6, 6.07) is 1.94. The van der Waals surface area contributed by atoms with Crippen molar-refractivity contribution in [3.63, 3.8) is 0 Å². The molecule has 0 saturated carbocycles. The monoisotopic (exact) mass is 237 g/mol. The molecule has 0 aromatic carbocycles. The van der Waals surface area contributed by atoms with Crippen LogP contribution in [0, 0.1) is 0 Å². The van der Waals surface area contributed by atoms with Crippen molar-refractivity contribution in [2.75, 3.05) is 0 Å². The fraction of sp³-hybridized carbons (Fsp3) is 0.933. The summed E-state index contributed by atoms with van der Waals surface area (Å²) in [5.74, 6) is 0.515. The molecule has 2 rings (SSSR count). The largest absolute Gasteiger partial charge is 0.300 e. The molecule has 0 bridgehead atoms. The van der Waals surface area contributed by atoms with Gasteiger partial charge < -0.3 is 0 Å². The summed E-state index contributed by atoms with van der Waals surface area (Å²) < 4.78 is 0. The van der Waals surface area contributed by atoms with Crippen molar-refractivity contribution in [2.24, 2.45) is 0 Å². The van der Waals surface area contributed by atoms with Gasteiger partial charge in [0.15, 0.2) is 0 Å². The molecular weight excluding hydrogens is 210 g/mol. The van der Waals surface area contributed by atoms with Crippen molar-refractivity contribution in [2.45, 2.75) is 89.8 Å². The van der Waals surface area contributed by atoms with Gasteiger partial charge >= 0.3 is 0 Å². The number of rotatable bonds is 5. The maximum Gasteiger partial charge on any atom is 0.136 e. The lowest BCUT2D eigenvalue weighted by Gasteiger charge is -2.41. The molecule has 0 amide bonds. The van der Waals surface area contributed by atoms with Crippen LogP contribution in [0.4, 0.5) is 0 Å². The average molecular weight is 237 g/mol. The Morgan fingerprint density at radius 3 is 2.59 bits per heavy atom. The SMILES string of the molecule is CCCC[C@@H]1CC[C@H]2CC(=O)C[C@H](CCC)N12. The molecule has 0 N–H and O–H groups in total. The molecule has 2 aliphatic heterocycles. The summed E-state index contributed by atoms with van der Waals surface area (Å²) >= 11 is 0. The molecule has 2 aliphatic rings. The van der Waals surface area contributed by atoms with E-state index < -0.39 is 0 Å². The van der Waals surface area contributed by atoms with Crippen LogP contribution in [-0.2, 0) is 4.79 Å². The lowest BCUT2D eigenvalue weighted by molar-refractivity contribution is -0.125. The second kappa shape index (κ2) is 5.99. The second-order valence-corrected chi connectivity index (χ2v) is 5.86. The van der Waals surface area contributed by atoms with Crippen LogP contribution in [0.2, 0.25) is 0 Å². The number of nitrogens with zero attached hydrogens (tertiary/aromatic N) is 1. The topological polar surface area (TPSA) is 20.3 Å². The van der Waals surface area contributed by atoms with Gasteiger partial charge in [-0.15, -0.1) is 0 Å². The van der Waals surface area contributed by atoms with E-state index in [1.807, 2.05) is 0 Å². The first-order valence-electron chi connectivity index (χ1n) is 7.55. The van der Waals surface area contributed by atoms with Crippen molar-refractivity contribution in [3.05, 3.63) is 0 Å². The molecule has 2 heterocycles. The molecule has 2 heteroatoms. The Hall–Kier alpha value is -0.370. The van der Waals surface area contributed by atoms with Crippen molar-refractivity contribution in [1.29, 1.82) is 0 Å². The predicted octanol–water partition coefficient (Wildman–Crippen LogP) is 3.54. The number of carbonyl (C=O) groups is 1. The summed E-state index contributed by atoms with van der Waals surface area (Å²) in [5.41, 5.74) is 0. The van der Waals surface area contributed by atoms with Gasteiger partial charge in [0.05, 0.1) is 0 Å². The highest BCUT2D eigenvalue weighted by molar-refractivity contribution is 5.80. The number of carbonyl (C=O) groups excluding carboxylic acids is 1. The predicted molar refractivity (Wildman–Crippen MR) is 71.1 cm³/mol. The summed E-state index contributed by atoms with van der Waals surface area (Å²) in [5, 5.41) is 0. The van der Waals surface area contributed by atoms with E-state index in [4.69, 9.17) is 0 Å². The van der Waals surface area contributed by atoms with E-state index in [1.54, 1.807) is 0 Å². The summed E-state index contributed by atoms with van der Waals surface area (Å²) in [6.07, 6.45) is 10.7. The van der Waals surface area contributed by atoms with E-state index in [0.717, 1.165) is 18.9 Å². The number of unbranched alkanes of at least 4 members (excludes halogenated alkanes) is 1. The zero-order chi connectivity index (χ0) is 12.3. The Balaban J connectivity index is 2.01. The summed E-state index contributed by atoms with van der Waals surface area (Å²) in [6.45, 7) is 4.51. The minimum Gasteiger partial charge on any atom is -0.300 e. The first-order chi connectivity index (χ1) is 8.26. The standard InChI is InChI=1S/C15H27NO/c1-3-5-7-12-8-9-14-11-15(17)10-13(6-4-2)16(12)14/h12-14H,3-11H2,1-2H3/t12-,13+,14+/m1/s1. The minimum absolute atomic E-state index is 0.515. The first kappa shape index (κ1) is 13.1. The Morgan fingerprint density at radius 2 is 1.88 bits per heavy atom. The summed E-state index contributed by atoms with van der Waals surface area (Å²) in [4.78, 5) is 14.5. The van der Waals surface area contributed by atoms with Crippen molar-refractivity contribution < 1.29 is 4.79 Å². The van der Waals surface area contributed by atoms with Crippen LogP contribution < -0.4 is 0 Å². The molecule has 17 heavy (non-hydrogen) atoms. The second-order valence-electron chi connectivity index (χ2n) is 5.86. The van der Waals surface area contributed by atoms with E-state index in [2.05, 4.69) is 18.7 Å². The van der Waals surface area contributed by atoms with Gasteiger partial charge in [0, 0.05) is 31.0 Å². The third-order valence-corrected chi connectivity index (χ3v) is 4.54. The van der Waals surface area contributed by atoms with Crippen molar-refractivity contribution in [1.82, 2.24) is 4.90 Å². The average Bonchev–Trinajstić information content (AvgIpc) is 2.69. The number of fused-ring (bicyclic) bond motifs is 1. The van der Waals surface area contributed by atoms with Crippen molar-refractivity contribution in [3.8, 4) is 0 Å². The highest BCUT2D eigenvalue weighted by atomic mass is 16.1. The molecule has 0 radical (unpaired) electrons. The molecular formula is C15H27NO. The first-order valence-corrected chi connectivity index (χ1v) is 7.55. The van der Waals surface area contributed by atoms with Gasteiger partial charge in [0.1, 0.15) is 5.78 Å². The van der Waals surface area contributed by atoms with E-state index in [-0.39, 0.29) is 0 Å². The maximum absolute atomic E-state index is 11.8. The fourth-order valence-corrected chi connectivity index (χ4v) is 3.82. The normalized spacial score (nSPS) is 34.0. The van der Waals surface area contributed by atoms with E-state index >= 15 is 0 Å². The Bertz CT molecular complexity index is 264. The lowest BCUT2D eigenvalue weighted by Crippen LogP contribution is -2.49.